The normalized spacial score (nSPS) is 27.1. The van der Waals surface area contributed by atoms with E-state index in [1.807, 2.05) is 10.9 Å². The molecule has 3 fully saturated rings. The lowest BCUT2D eigenvalue weighted by molar-refractivity contribution is 0.151. The van der Waals surface area contributed by atoms with Crippen molar-refractivity contribution in [2.24, 2.45) is 11.8 Å². The number of nitrogens with zero attached hydrogens (tertiary/aromatic N) is 4. The van der Waals surface area contributed by atoms with Crippen LogP contribution >= 0.6 is 0 Å². The molecule has 2 unspecified atom stereocenters. The number of aromatic nitrogens is 3. The van der Waals surface area contributed by atoms with Crippen LogP contribution in [0.1, 0.15) is 39.2 Å². The Morgan fingerprint density at radius 3 is 2.82 bits per heavy atom. The summed E-state index contributed by atoms with van der Waals surface area (Å²) in [5.41, 5.74) is 7.78. The second-order valence-electron chi connectivity index (χ2n) is 9.66. The first-order chi connectivity index (χ1) is 17.2. The fourth-order valence-corrected chi connectivity index (χ4v) is 4.69. The van der Waals surface area contributed by atoms with Crippen molar-refractivity contribution in [2.75, 3.05) is 25.9 Å². The van der Waals surface area contributed by atoms with Gasteiger partial charge in [0.2, 0.25) is 0 Å². The minimum atomic E-state index is -2.16. The SMILES string of the molecule is [2H]C([2H])(Oc1cc(-c2cnn(C3CCN(C)CC3)c2)cnc1N)c1cccc(C#CC2(O)C3CC32)c1. The Labute approximate surface area is 202 Å². The van der Waals surface area contributed by atoms with E-state index < -0.39 is 12.2 Å². The summed E-state index contributed by atoms with van der Waals surface area (Å²) in [6.45, 7) is -0.0703. The molecule has 1 aromatic carbocycles. The van der Waals surface area contributed by atoms with Gasteiger partial charge in [0.1, 0.15) is 12.2 Å². The van der Waals surface area contributed by atoms with Crippen LogP contribution in [0.25, 0.3) is 11.1 Å². The van der Waals surface area contributed by atoms with E-state index in [2.05, 4.69) is 33.9 Å². The van der Waals surface area contributed by atoms with Crippen LogP contribution < -0.4 is 10.5 Å². The summed E-state index contributed by atoms with van der Waals surface area (Å²) in [4.78, 5) is 6.57. The summed E-state index contributed by atoms with van der Waals surface area (Å²) in [7, 11) is 2.13. The third kappa shape index (κ3) is 4.04. The van der Waals surface area contributed by atoms with Crippen molar-refractivity contribution in [3.05, 3.63) is 60.0 Å². The van der Waals surface area contributed by atoms with Gasteiger partial charge < -0.3 is 20.5 Å². The fraction of sp³-hybridized carbons (Fsp3) is 0.407. The molecule has 0 bridgehead atoms. The van der Waals surface area contributed by atoms with Crippen molar-refractivity contribution >= 4 is 5.82 Å². The second-order valence-corrected chi connectivity index (χ2v) is 9.66. The lowest BCUT2D eigenvalue weighted by Crippen LogP contribution is -2.31. The third-order valence-corrected chi connectivity index (χ3v) is 7.24. The van der Waals surface area contributed by atoms with E-state index in [1.165, 1.54) is 0 Å². The molecule has 2 aromatic heterocycles. The predicted molar refractivity (Wildman–Crippen MR) is 130 cm³/mol. The summed E-state index contributed by atoms with van der Waals surface area (Å²) in [6.07, 6.45) is 8.60. The lowest BCUT2D eigenvalue weighted by Gasteiger charge is -2.28. The highest BCUT2D eigenvalue weighted by molar-refractivity contribution is 5.65. The van der Waals surface area contributed by atoms with Gasteiger partial charge in [0.05, 0.1) is 15.0 Å². The van der Waals surface area contributed by atoms with Crippen LogP contribution in [0, 0.1) is 23.7 Å². The fourth-order valence-electron chi connectivity index (χ4n) is 4.69. The molecule has 3 heterocycles. The molecule has 174 valence electrons. The molecule has 3 N–H and O–H groups in total. The molecule has 6 rings (SSSR count). The maximum atomic E-state index is 10.3. The number of pyridine rings is 1. The third-order valence-electron chi connectivity index (χ3n) is 7.24. The number of nitrogens with two attached hydrogens (primary N) is 1. The molecule has 3 aromatic rings. The number of hydrogen-bond donors (Lipinski definition) is 2. The number of likely N-dealkylation sites (tertiary alicyclic amines) is 1. The van der Waals surface area contributed by atoms with Gasteiger partial charge in [0.25, 0.3) is 0 Å². The number of nitrogen functional groups attached to an aromatic ring is 1. The Hall–Kier alpha value is -3.34. The molecule has 2 atom stereocenters. The van der Waals surface area contributed by atoms with Crippen molar-refractivity contribution in [3.8, 4) is 28.7 Å². The Balaban J connectivity index is 1.20. The van der Waals surface area contributed by atoms with Crippen molar-refractivity contribution in [3.63, 3.8) is 0 Å². The summed E-state index contributed by atoms with van der Waals surface area (Å²) in [6, 6.07) is 8.88. The molecule has 0 radical (unpaired) electrons. The number of piperidine rings is 1. The molecular weight excluding hydrogens is 426 g/mol. The molecule has 7 heteroatoms. The van der Waals surface area contributed by atoms with Crippen molar-refractivity contribution in [1.29, 1.82) is 0 Å². The first-order valence-corrected chi connectivity index (χ1v) is 11.8. The van der Waals surface area contributed by atoms with E-state index in [0.717, 1.165) is 43.5 Å². The molecule has 0 amide bonds. The van der Waals surface area contributed by atoms with Crippen molar-refractivity contribution < 1.29 is 12.6 Å². The quantitative estimate of drug-likeness (QED) is 0.573. The first kappa shape index (κ1) is 19.0. The number of fused-ring (bicyclic) bond motifs is 1. The first-order valence-electron chi connectivity index (χ1n) is 12.8. The standard InChI is InChI=1S/C27H29N5O2/c1-31-9-6-22(7-10-31)32-16-21(15-30-32)20-12-25(26(28)29-14-20)34-17-19-4-2-3-18(11-19)5-8-27(33)23-13-24(23)27/h2-4,11-12,14-16,22-24,33H,6-7,9-10,13,17H2,1H3,(H2,28,29)/i17D2. The lowest BCUT2D eigenvalue weighted by atomic mass is 10.1. The number of hydrogen-bond acceptors (Lipinski definition) is 6. The van der Waals surface area contributed by atoms with Crippen LogP contribution in [0.5, 0.6) is 5.75 Å². The van der Waals surface area contributed by atoms with Crippen LogP contribution in [-0.2, 0) is 6.56 Å². The minimum Gasteiger partial charge on any atom is -0.485 e. The highest BCUT2D eigenvalue weighted by Crippen LogP contribution is 2.70. The summed E-state index contributed by atoms with van der Waals surface area (Å²) >= 11 is 0. The number of rotatable bonds is 5. The van der Waals surface area contributed by atoms with Gasteiger partial charge in [-0.3, -0.25) is 4.68 Å². The molecule has 1 aliphatic heterocycles. The topological polar surface area (TPSA) is 89.4 Å². The highest BCUT2D eigenvalue weighted by atomic mass is 16.5. The molecule has 1 saturated heterocycles. The molecule has 2 saturated carbocycles. The van der Waals surface area contributed by atoms with Gasteiger partial charge in [-0.1, -0.05) is 24.0 Å². The minimum absolute atomic E-state index is 0.108. The summed E-state index contributed by atoms with van der Waals surface area (Å²) in [5.74, 6) is 6.84. The Kier molecular flexibility index (Phi) is 4.56. The van der Waals surface area contributed by atoms with Crippen LogP contribution in [0.4, 0.5) is 5.82 Å². The second kappa shape index (κ2) is 8.15. The Bertz CT molecular complexity index is 1360. The zero-order valence-corrected chi connectivity index (χ0v) is 19.1. The average molecular weight is 458 g/mol. The van der Waals surface area contributed by atoms with Gasteiger partial charge in [-0.2, -0.15) is 5.10 Å². The van der Waals surface area contributed by atoms with Crippen molar-refractivity contribution in [1.82, 2.24) is 19.7 Å². The maximum absolute atomic E-state index is 10.3. The zero-order valence-electron chi connectivity index (χ0n) is 21.1. The van der Waals surface area contributed by atoms with E-state index in [4.69, 9.17) is 13.2 Å². The van der Waals surface area contributed by atoms with Gasteiger partial charge in [0.15, 0.2) is 11.6 Å². The number of ether oxygens (including phenoxy) is 1. The van der Waals surface area contributed by atoms with Crippen LogP contribution in [0.15, 0.2) is 48.9 Å². The van der Waals surface area contributed by atoms with E-state index in [-0.39, 0.29) is 11.6 Å². The number of benzene rings is 1. The highest BCUT2D eigenvalue weighted by Gasteiger charge is 2.76. The van der Waals surface area contributed by atoms with Crippen LogP contribution in [-0.4, -0.2) is 50.5 Å². The molecule has 0 spiro atoms. The molecule has 2 aliphatic carbocycles. The average Bonchev–Trinajstić information content (AvgIpc) is 3.73. The van der Waals surface area contributed by atoms with Gasteiger partial charge in [-0.15, -0.1) is 0 Å². The molecular formula is C27H29N5O2. The predicted octanol–water partition coefficient (Wildman–Crippen LogP) is 3.11. The van der Waals surface area contributed by atoms with Gasteiger partial charge in [-0.25, -0.2) is 4.98 Å². The summed E-state index contributed by atoms with van der Waals surface area (Å²) in [5, 5.41) is 14.8. The van der Waals surface area contributed by atoms with Crippen LogP contribution in [0.3, 0.4) is 0 Å². The Morgan fingerprint density at radius 1 is 1.24 bits per heavy atom. The molecule has 3 aliphatic rings. The smallest absolute Gasteiger partial charge is 0.166 e. The van der Waals surface area contributed by atoms with E-state index in [9.17, 15) is 5.11 Å². The van der Waals surface area contributed by atoms with E-state index in [0.29, 0.717) is 29.0 Å². The van der Waals surface area contributed by atoms with Gasteiger partial charge >= 0.3 is 0 Å². The van der Waals surface area contributed by atoms with Crippen molar-refractivity contribution in [2.45, 2.75) is 37.5 Å². The van der Waals surface area contributed by atoms with E-state index >= 15 is 0 Å². The molecule has 34 heavy (non-hydrogen) atoms. The Morgan fingerprint density at radius 2 is 2.06 bits per heavy atom. The van der Waals surface area contributed by atoms with Crippen LogP contribution in [0.2, 0.25) is 0 Å². The number of aliphatic hydroxyl groups is 1. The monoisotopic (exact) mass is 457 g/mol. The zero-order chi connectivity index (χ0) is 25.1. The van der Waals surface area contributed by atoms with E-state index in [1.54, 1.807) is 42.7 Å². The van der Waals surface area contributed by atoms with Gasteiger partial charge in [-0.05, 0) is 63.2 Å². The summed E-state index contributed by atoms with van der Waals surface area (Å²) < 4.78 is 24.9. The van der Waals surface area contributed by atoms with Gasteiger partial charge in [0, 0.05) is 40.9 Å². The largest absolute Gasteiger partial charge is 0.485 e. The maximum Gasteiger partial charge on any atom is 0.166 e. The molecule has 7 nitrogen and oxygen atoms in total. The number of anilines is 1.